The minimum absolute atomic E-state index is 0.0440. The Labute approximate surface area is 267 Å². The van der Waals surface area contributed by atoms with E-state index in [2.05, 4.69) is 25.9 Å². The Bertz CT molecular complexity index is 1620. The van der Waals surface area contributed by atoms with Gasteiger partial charge in [-0.15, -0.1) is 5.10 Å². The molecule has 13 nitrogen and oxygen atoms in total. The van der Waals surface area contributed by atoms with Gasteiger partial charge in [0, 0.05) is 77.0 Å². The molecule has 0 saturated carbocycles. The number of nitrogens with zero attached hydrogens (tertiary/aromatic N) is 6. The summed E-state index contributed by atoms with van der Waals surface area (Å²) in [6.45, 7) is 4.16. The summed E-state index contributed by atoms with van der Waals surface area (Å²) < 4.78 is 15.3. The summed E-state index contributed by atoms with van der Waals surface area (Å²) in [5.41, 5.74) is 1.91. The Kier molecular flexibility index (Phi) is 11.0. The summed E-state index contributed by atoms with van der Waals surface area (Å²) in [7, 11) is 1.51. The zero-order chi connectivity index (χ0) is 32.3. The van der Waals surface area contributed by atoms with E-state index in [1.54, 1.807) is 34.0 Å². The maximum atomic E-state index is 13.7. The van der Waals surface area contributed by atoms with Gasteiger partial charge in [0.25, 0.3) is 5.91 Å². The molecular weight excluding hydrogens is 588 g/mol. The van der Waals surface area contributed by atoms with Crippen molar-refractivity contribution < 1.29 is 23.9 Å². The monoisotopic (exact) mass is 628 g/mol. The van der Waals surface area contributed by atoms with Crippen LogP contribution in [0.5, 0.6) is 11.5 Å². The minimum Gasteiger partial charge on any atom is -0.493 e. The molecule has 2 aromatic heterocycles. The van der Waals surface area contributed by atoms with Crippen molar-refractivity contribution in [3.8, 4) is 11.5 Å². The Morgan fingerprint density at radius 1 is 1.09 bits per heavy atom. The summed E-state index contributed by atoms with van der Waals surface area (Å²) in [6.07, 6.45) is 7.10. The van der Waals surface area contributed by atoms with Crippen molar-refractivity contribution in [1.82, 2.24) is 40.1 Å². The number of rotatable bonds is 6. The van der Waals surface area contributed by atoms with Crippen molar-refractivity contribution >= 4 is 17.7 Å². The fraction of sp³-hybridized carbons (Fsp3) is 0.394. The van der Waals surface area contributed by atoms with Crippen LogP contribution in [-0.2, 0) is 35.5 Å². The largest absolute Gasteiger partial charge is 0.493 e. The lowest BCUT2D eigenvalue weighted by atomic mass is 10.0. The number of aryl methyl sites for hydroxylation is 3. The molecule has 46 heavy (non-hydrogen) atoms. The topological polar surface area (TPSA) is 146 Å². The first-order valence-corrected chi connectivity index (χ1v) is 15.5. The number of fused-ring (bicyclic) bond motifs is 3. The smallest absolute Gasteiger partial charge is 0.255 e. The molecule has 5 rings (SSSR count). The molecule has 0 aliphatic carbocycles. The molecule has 2 bridgehead atoms. The number of benzene rings is 2. The molecule has 1 aliphatic rings. The zero-order valence-electron chi connectivity index (χ0n) is 26.2. The average Bonchev–Trinajstić information content (AvgIpc) is 3.71. The van der Waals surface area contributed by atoms with E-state index in [4.69, 9.17) is 9.47 Å². The molecule has 2 aromatic carbocycles. The molecule has 0 radical (unpaired) electrons. The summed E-state index contributed by atoms with van der Waals surface area (Å²) >= 11 is 0. The van der Waals surface area contributed by atoms with Crippen LogP contribution in [0.25, 0.3) is 0 Å². The first kappa shape index (κ1) is 32.2. The Morgan fingerprint density at radius 2 is 1.93 bits per heavy atom. The predicted octanol–water partition coefficient (Wildman–Crippen LogP) is 2.19. The van der Waals surface area contributed by atoms with Gasteiger partial charge in [0.15, 0.2) is 11.5 Å². The van der Waals surface area contributed by atoms with Gasteiger partial charge in [-0.05, 0) is 24.6 Å². The third-order valence-electron chi connectivity index (χ3n) is 7.87. The van der Waals surface area contributed by atoms with Crippen molar-refractivity contribution in [2.24, 2.45) is 0 Å². The number of imidazole rings is 1. The van der Waals surface area contributed by atoms with Gasteiger partial charge in [0.05, 0.1) is 25.0 Å². The van der Waals surface area contributed by atoms with Crippen molar-refractivity contribution in [2.75, 3.05) is 33.4 Å². The second kappa shape index (κ2) is 15.7. The summed E-state index contributed by atoms with van der Waals surface area (Å²) in [5, 5.41) is 14.4. The van der Waals surface area contributed by atoms with Crippen molar-refractivity contribution in [1.29, 1.82) is 0 Å². The molecule has 0 unspecified atom stereocenters. The number of para-hydroxylation sites is 1. The molecule has 3 heterocycles. The lowest BCUT2D eigenvalue weighted by Crippen LogP contribution is -2.50. The summed E-state index contributed by atoms with van der Waals surface area (Å²) in [6, 6.07) is 13.7. The van der Waals surface area contributed by atoms with E-state index in [0.717, 1.165) is 17.1 Å². The van der Waals surface area contributed by atoms with Crippen LogP contribution < -0.4 is 20.1 Å². The second-order valence-corrected chi connectivity index (χ2v) is 11.1. The van der Waals surface area contributed by atoms with Crippen LogP contribution in [-0.4, -0.2) is 86.6 Å². The van der Waals surface area contributed by atoms with Crippen LogP contribution in [0.1, 0.15) is 40.3 Å². The number of ether oxygens (including phenoxy) is 2. The number of hydrogen-bond acceptors (Lipinski definition) is 8. The maximum absolute atomic E-state index is 13.7. The third-order valence-corrected chi connectivity index (χ3v) is 7.87. The highest BCUT2D eigenvalue weighted by Crippen LogP contribution is 2.31. The lowest BCUT2D eigenvalue weighted by Gasteiger charge is -2.24. The van der Waals surface area contributed by atoms with Gasteiger partial charge in [-0.25, -0.2) is 4.98 Å². The van der Waals surface area contributed by atoms with Crippen LogP contribution in [0.15, 0.2) is 67.1 Å². The van der Waals surface area contributed by atoms with Crippen molar-refractivity contribution in [3.05, 3.63) is 89.8 Å². The van der Waals surface area contributed by atoms with Crippen LogP contribution in [0.4, 0.5) is 0 Å². The first-order chi connectivity index (χ1) is 22.4. The molecular formula is C33H40N8O5. The predicted molar refractivity (Wildman–Crippen MR) is 169 cm³/mol. The van der Waals surface area contributed by atoms with Crippen LogP contribution >= 0.6 is 0 Å². The number of amides is 3. The molecule has 1 atom stereocenters. The average molecular weight is 629 g/mol. The SMILES string of the molecule is COc1cccc2c1OCCCn1cc(nn1)CCN(C(=O)CCn1ccnc1C)CCNC(=O)[C@H](Cc1ccccc1)NC2=O. The zero-order valence-corrected chi connectivity index (χ0v) is 26.2. The normalized spacial score (nSPS) is 16.6. The number of aromatic nitrogens is 5. The number of carbonyl (C=O) groups is 3. The van der Waals surface area contributed by atoms with E-state index in [-0.39, 0.29) is 36.8 Å². The standard InChI is InChI=1S/C33H40N8O5/c1-24-34-14-19-39(24)18-13-30(42)40-17-12-26-23-41(38-37-26)16-7-21-46-31-27(10-6-11-29(31)45-2)32(43)36-28(33(44)35-15-20-40)22-25-8-4-3-5-9-25/h3-6,8-11,14,19,23,28H,7,12-13,15-18,20-22H2,1-2H3,(H,35,44)(H,36,43)/t28-/m0/s1. The molecule has 2 N–H and O–H groups in total. The molecule has 0 saturated heterocycles. The van der Waals surface area contributed by atoms with Gasteiger partial charge in [-0.3, -0.25) is 19.1 Å². The Morgan fingerprint density at radius 3 is 2.72 bits per heavy atom. The molecule has 4 aromatic rings. The van der Waals surface area contributed by atoms with E-state index < -0.39 is 11.9 Å². The van der Waals surface area contributed by atoms with Gasteiger partial charge >= 0.3 is 0 Å². The van der Waals surface area contributed by atoms with Crippen LogP contribution in [0, 0.1) is 6.92 Å². The van der Waals surface area contributed by atoms with Crippen LogP contribution in [0.2, 0.25) is 0 Å². The Balaban J connectivity index is 1.37. The maximum Gasteiger partial charge on any atom is 0.255 e. The Hall–Kier alpha value is -5.20. The first-order valence-electron chi connectivity index (χ1n) is 15.5. The van der Waals surface area contributed by atoms with E-state index in [1.165, 1.54) is 7.11 Å². The number of hydrogen-bond donors (Lipinski definition) is 2. The molecule has 3 amide bonds. The van der Waals surface area contributed by atoms with Crippen molar-refractivity contribution in [2.45, 2.75) is 51.7 Å². The molecule has 242 valence electrons. The molecule has 0 spiro atoms. The van der Waals surface area contributed by atoms with Crippen LogP contribution in [0.3, 0.4) is 0 Å². The quantitative estimate of drug-likeness (QED) is 0.331. The number of methoxy groups -OCH3 is 1. The third kappa shape index (κ3) is 8.49. The van der Waals surface area contributed by atoms with Gasteiger partial charge in [0.2, 0.25) is 11.8 Å². The van der Waals surface area contributed by atoms with Gasteiger partial charge in [0.1, 0.15) is 11.9 Å². The van der Waals surface area contributed by atoms with Gasteiger partial charge in [-0.1, -0.05) is 41.6 Å². The molecule has 1 aliphatic heterocycles. The lowest BCUT2D eigenvalue weighted by molar-refractivity contribution is -0.132. The fourth-order valence-corrected chi connectivity index (χ4v) is 5.32. The minimum atomic E-state index is -0.876. The number of carbonyl (C=O) groups excluding carboxylic acids is 3. The second-order valence-electron chi connectivity index (χ2n) is 11.1. The summed E-state index contributed by atoms with van der Waals surface area (Å²) in [5.74, 6) is 0.695. The van der Waals surface area contributed by atoms with E-state index in [0.29, 0.717) is 57.1 Å². The highest BCUT2D eigenvalue weighted by atomic mass is 16.5. The van der Waals surface area contributed by atoms with Gasteiger partial charge < -0.3 is 29.6 Å². The van der Waals surface area contributed by atoms with Crippen molar-refractivity contribution in [3.63, 3.8) is 0 Å². The number of nitrogens with one attached hydrogen (secondary N) is 2. The van der Waals surface area contributed by atoms with E-state index in [9.17, 15) is 14.4 Å². The highest BCUT2D eigenvalue weighted by molar-refractivity contribution is 6.00. The van der Waals surface area contributed by atoms with Gasteiger partial charge in [-0.2, -0.15) is 0 Å². The van der Waals surface area contributed by atoms with E-state index in [1.807, 2.05) is 54.2 Å². The fourth-order valence-electron chi connectivity index (χ4n) is 5.32. The van der Waals surface area contributed by atoms with E-state index >= 15 is 0 Å². The summed E-state index contributed by atoms with van der Waals surface area (Å²) in [4.78, 5) is 46.6. The molecule has 0 fully saturated rings. The highest BCUT2D eigenvalue weighted by Gasteiger charge is 2.25. The molecule has 13 heteroatoms.